The minimum atomic E-state index is -4.40. The molecule has 0 aliphatic carbocycles. The highest BCUT2D eigenvalue weighted by Crippen LogP contribution is 2.31. The number of oxazole rings is 1. The van der Waals surface area contributed by atoms with Crippen LogP contribution in [0.15, 0.2) is 59.0 Å². The summed E-state index contributed by atoms with van der Waals surface area (Å²) in [6.07, 6.45) is -2.29. The Labute approximate surface area is 189 Å². The van der Waals surface area contributed by atoms with Gasteiger partial charge in [0.05, 0.1) is 12.2 Å². The zero-order valence-corrected chi connectivity index (χ0v) is 18.5. The fourth-order valence-corrected chi connectivity index (χ4v) is 3.14. The molecule has 33 heavy (non-hydrogen) atoms. The van der Waals surface area contributed by atoms with Gasteiger partial charge in [-0.15, -0.1) is 0 Å². The standard InChI is InChI=1S/C25H24F3NO4/c1-4-17(14-23(30)31-5-2)19-7-6-8-21(13-19)32-15-22-16(3)33-24(29-22)18-9-11-20(12-10-18)25(26,27)28/h6-14H,4-5,15H2,1-3H3/b17-14+. The third kappa shape index (κ3) is 6.25. The Hall–Kier alpha value is -3.55. The third-order valence-corrected chi connectivity index (χ3v) is 4.89. The smallest absolute Gasteiger partial charge is 0.416 e. The highest BCUT2D eigenvalue weighted by Gasteiger charge is 2.30. The molecule has 0 N–H and O–H groups in total. The Morgan fingerprint density at radius 2 is 1.85 bits per heavy atom. The van der Waals surface area contributed by atoms with Crippen LogP contribution in [0.25, 0.3) is 17.0 Å². The molecule has 0 fully saturated rings. The SMILES string of the molecule is CCOC(=O)/C=C(\CC)c1cccc(OCc2nc(-c3ccc(C(F)(F)F)cc3)oc2C)c1. The number of nitrogens with zero attached hydrogens (tertiary/aromatic N) is 1. The average Bonchev–Trinajstić information content (AvgIpc) is 3.16. The average molecular weight is 459 g/mol. The molecular weight excluding hydrogens is 435 g/mol. The van der Waals surface area contributed by atoms with Crippen LogP contribution in [-0.2, 0) is 22.3 Å². The van der Waals surface area contributed by atoms with E-state index in [1.807, 2.05) is 25.1 Å². The molecule has 1 heterocycles. The lowest BCUT2D eigenvalue weighted by atomic mass is 10.0. The maximum Gasteiger partial charge on any atom is 0.416 e. The number of hydrogen-bond acceptors (Lipinski definition) is 5. The molecule has 0 saturated carbocycles. The van der Waals surface area contributed by atoms with E-state index in [1.54, 1.807) is 19.9 Å². The molecule has 0 saturated heterocycles. The van der Waals surface area contributed by atoms with Crippen molar-refractivity contribution in [1.29, 1.82) is 0 Å². The van der Waals surface area contributed by atoms with E-state index < -0.39 is 17.7 Å². The second kappa shape index (κ2) is 10.4. The van der Waals surface area contributed by atoms with E-state index in [9.17, 15) is 18.0 Å². The molecule has 1 aromatic heterocycles. The highest BCUT2D eigenvalue weighted by atomic mass is 19.4. The van der Waals surface area contributed by atoms with Crippen LogP contribution in [0.4, 0.5) is 13.2 Å². The quantitative estimate of drug-likeness (QED) is 0.280. The normalized spacial score (nSPS) is 12.0. The number of aromatic nitrogens is 1. The Morgan fingerprint density at radius 3 is 2.48 bits per heavy atom. The summed E-state index contributed by atoms with van der Waals surface area (Å²) < 4.78 is 54.8. The molecule has 0 atom stereocenters. The molecule has 0 aliphatic heterocycles. The van der Waals surface area contributed by atoms with Crippen molar-refractivity contribution in [3.63, 3.8) is 0 Å². The van der Waals surface area contributed by atoms with Gasteiger partial charge in [-0.2, -0.15) is 13.2 Å². The Kier molecular flexibility index (Phi) is 7.58. The van der Waals surface area contributed by atoms with Crippen molar-refractivity contribution in [1.82, 2.24) is 4.98 Å². The zero-order chi connectivity index (χ0) is 24.0. The number of carbonyl (C=O) groups is 1. The van der Waals surface area contributed by atoms with Crippen LogP contribution in [0.5, 0.6) is 5.75 Å². The van der Waals surface area contributed by atoms with E-state index in [2.05, 4.69) is 4.98 Å². The summed E-state index contributed by atoms with van der Waals surface area (Å²) in [7, 11) is 0. The topological polar surface area (TPSA) is 61.6 Å². The molecule has 0 bridgehead atoms. The first-order valence-electron chi connectivity index (χ1n) is 10.5. The lowest BCUT2D eigenvalue weighted by Crippen LogP contribution is -2.04. The van der Waals surface area contributed by atoms with Gasteiger partial charge in [0.2, 0.25) is 5.89 Å². The van der Waals surface area contributed by atoms with Gasteiger partial charge in [-0.05, 0) is 67.8 Å². The second-order valence-electron chi connectivity index (χ2n) is 7.19. The van der Waals surface area contributed by atoms with Gasteiger partial charge in [0.1, 0.15) is 23.8 Å². The van der Waals surface area contributed by atoms with Crippen LogP contribution < -0.4 is 4.74 Å². The first-order valence-corrected chi connectivity index (χ1v) is 10.5. The minimum Gasteiger partial charge on any atom is -0.487 e. The van der Waals surface area contributed by atoms with Gasteiger partial charge in [-0.25, -0.2) is 9.78 Å². The Balaban J connectivity index is 1.73. The summed E-state index contributed by atoms with van der Waals surface area (Å²) in [6.45, 7) is 5.83. The summed E-state index contributed by atoms with van der Waals surface area (Å²) in [5.74, 6) is 0.917. The monoisotopic (exact) mass is 459 g/mol. The zero-order valence-electron chi connectivity index (χ0n) is 18.5. The van der Waals surface area contributed by atoms with E-state index in [0.29, 0.717) is 35.8 Å². The fraction of sp³-hybridized carbons (Fsp3) is 0.280. The summed E-state index contributed by atoms with van der Waals surface area (Å²) in [4.78, 5) is 16.2. The number of aryl methyl sites for hydroxylation is 1. The Morgan fingerprint density at radius 1 is 1.12 bits per heavy atom. The first-order chi connectivity index (χ1) is 15.7. The van der Waals surface area contributed by atoms with Crippen LogP contribution in [0.1, 0.15) is 42.8 Å². The van der Waals surface area contributed by atoms with Gasteiger partial charge >= 0.3 is 12.1 Å². The number of alkyl halides is 3. The molecule has 0 unspecified atom stereocenters. The highest BCUT2D eigenvalue weighted by molar-refractivity contribution is 5.91. The molecule has 8 heteroatoms. The van der Waals surface area contributed by atoms with Gasteiger partial charge in [0.15, 0.2) is 0 Å². The summed E-state index contributed by atoms with van der Waals surface area (Å²) in [6, 6.07) is 11.9. The molecule has 3 rings (SSSR count). The van der Waals surface area contributed by atoms with E-state index in [4.69, 9.17) is 13.9 Å². The summed E-state index contributed by atoms with van der Waals surface area (Å²) in [5, 5.41) is 0. The minimum absolute atomic E-state index is 0.114. The number of carbonyl (C=O) groups excluding carboxylic acids is 1. The van der Waals surface area contributed by atoms with Crippen molar-refractivity contribution >= 4 is 11.5 Å². The molecular formula is C25H24F3NO4. The van der Waals surface area contributed by atoms with Crippen LogP contribution in [0.3, 0.4) is 0 Å². The lowest BCUT2D eigenvalue weighted by molar-refractivity contribution is -0.138. The molecule has 2 aromatic carbocycles. The van der Waals surface area contributed by atoms with Crippen molar-refractivity contribution in [3.8, 4) is 17.2 Å². The summed E-state index contributed by atoms with van der Waals surface area (Å²) >= 11 is 0. The van der Waals surface area contributed by atoms with Gasteiger partial charge in [0.25, 0.3) is 0 Å². The molecule has 174 valence electrons. The number of esters is 1. The van der Waals surface area contributed by atoms with Gasteiger partial charge in [-0.3, -0.25) is 0 Å². The van der Waals surface area contributed by atoms with E-state index in [0.717, 1.165) is 23.3 Å². The number of hydrogen-bond donors (Lipinski definition) is 0. The van der Waals surface area contributed by atoms with Crippen LogP contribution in [0, 0.1) is 6.92 Å². The number of benzene rings is 2. The van der Waals surface area contributed by atoms with Crippen LogP contribution >= 0.6 is 0 Å². The predicted molar refractivity (Wildman–Crippen MR) is 117 cm³/mol. The molecule has 3 aromatic rings. The van der Waals surface area contributed by atoms with Crippen molar-refractivity contribution < 1.29 is 31.9 Å². The molecule has 0 amide bonds. The maximum absolute atomic E-state index is 12.8. The van der Waals surface area contributed by atoms with E-state index in [-0.39, 0.29) is 12.5 Å². The molecule has 5 nitrogen and oxygen atoms in total. The third-order valence-electron chi connectivity index (χ3n) is 4.89. The lowest BCUT2D eigenvalue weighted by Gasteiger charge is -2.09. The number of allylic oxidation sites excluding steroid dienone is 1. The summed E-state index contributed by atoms with van der Waals surface area (Å²) in [5.41, 5.74) is 1.90. The van der Waals surface area contributed by atoms with E-state index in [1.165, 1.54) is 18.2 Å². The molecule has 0 radical (unpaired) electrons. The van der Waals surface area contributed by atoms with Gasteiger partial charge in [0, 0.05) is 11.6 Å². The van der Waals surface area contributed by atoms with Crippen LogP contribution in [0.2, 0.25) is 0 Å². The molecule has 0 aliphatic rings. The van der Waals surface area contributed by atoms with Crippen molar-refractivity contribution in [2.45, 2.75) is 40.0 Å². The Bertz CT molecular complexity index is 1130. The number of halogens is 3. The largest absolute Gasteiger partial charge is 0.487 e. The van der Waals surface area contributed by atoms with Crippen molar-refractivity contribution in [2.24, 2.45) is 0 Å². The van der Waals surface area contributed by atoms with Gasteiger partial charge in [-0.1, -0.05) is 19.1 Å². The second-order valence-corrected chi connectivity index (χ2v) is 7.19. The molecule has 0 spiro atoms. The first kappa shape index (κ1) is 24.1. The predicted octanol–water partition coefficient (Wildman–Crippen LogP) is 6.60. The number of ether oxygens (including phenoxy) is 2. The van der Waals surface area contributed by atoms with Crippen molar-refractivity contribution in [3.05, 3.63) is 77.2 Å². The van der Waals surface area contributed by atoms with Crippen LogP contribution in [-0.4, -0.2) is 17.6 Å². The van der Waals surface area contributed by atoms with E-state index >= 15 is 0 Å². The fourth-order valence-electron chi connectivity index (χ4n) is 3.14. The van der Waals surface area contributed by atoms with Crippen molar-refractivity contribution in [2.75, 3.05) is 6.61 Å². The van der Waals surface area contributed by atoms with Gasteiger partial charge < -0.3 is 13.9 Å². The maximum atomic E-state index is 12.8. The number of rotatable bonds is 8.